The molecular weight excluding hydrogens is 220 g/mol. The Kier molecular flexibility index (Phi) is 2.59. The van der Waals surface area contributed by atoms with Crippen molar-refractivity contribution in [3.63, 3.8) is 0 Å². The summed E-state index contributed by atoms with van der Waals surface area (Å²) >= 11 is 1.08. The molecule has 2 rings (SSSR count). The van der Waals surface area contributed by atoms with Gasteiger partial charge in [-0.05, 0) is 23.2 Å². The highest BCUT2D eigenvalue weighted by Gasteiger charge is 2.10. The van der Waals surface area contributed by atoms with Crippen LogP contribution in [-0.2, 0) is 6.42 Å². The SMILES string of the molecule is Nc1nsc(Cc2cccc(F)c2F)n1. The van der Waals surface area contributed by atoms with Crippen molar-refractivity contribution in [3.8, 4) is 0 Å². The van der Waals surface area contributed by atoms with Gasteiger partial charge in [0.15, 0.2) is 11.6 Å². The lowest BCUT2D eigenvalue weighted by atomic mass is 10.1. The molecule has 0 radical (unpaired) electrons. The number of benzene rings is 1. The molecule has 0 atom stereocenters. The second-order valence-corrected chi connectivity index (χ2v) is 3.77. The highest BCUT2D eigenvalue weighted by molar-refractivity contribution is 7.05. The van der Waals surface area contributed by atoms with E-state index in [9.17, 15) is 8.78 Å². The summed E-state index contributed by atoms with van der Waals surface area (Å²) in [6.07, 6.45) is 0.207. The number of nitrogens with two attached hydrogens (primary N) is 1. The molecule has 0 amide bonds. The van der Waals surface area contributed by atoms with Gasteiger partial charge in [0.1, 0.15) is 5.01 Å². The second kappa shape index (κ2) is 3.90. The lowest BCUT2D eigenvalue weighted by Crippen LogP contribution is -1.95. The predicted molar refractivity (Wildman–Crippen MR) is 53.5 cm³/mol. The quantitative estimate of drug-likeness (QED) is 0.853. The molecule has 0 aliphatic rings. The minimum atomic E-state index is -0.856. The van der Waals surface area contributed by atoms with Crippen LogP contribution in [0.15, 0.2) is 18.2 Å². The maximum absolute atomic E-state index is 13.2. The van der Waals surface area contributed by atoms with E-state index in [1.165, 1.54) is 12.1 Å². The van der Waals surface area contributed by atoms with Crippen molar-refractivity contribution in [2.75, 3.05) is 5.73 Å². The van der Waals surface area contributed by atoms with E-state index >= 15 is 0 Å². The minimum absolute atomic E-state index is 0.159. The number of halogens is 2. The van der Waals surface area contributed by atoms with Crippen LogP contribution < -0.4 is 5.73 Å². The Morgan fingerprint density at radius 3 is 2.80 bits per heavy atom. The van der Waals surface area contributed by atoms with Crippen molar-refractivity contribution < 1.29 is 8.78 Å². The molecule has 1 aromatic carbocycles. The standard InChI is InChI=1S/C9H7F2N3S/c10-6-3-1-2-5(8(6)11)4-7-13-9(12)14-15-7/h1-3H,4H2,(H2,12,14). The molecule has 0 aliphatic heterocycles. The third kappa shape index (κ3) is 2.10. The number of hydrogen-bond donors (Lipinski definition) is 1. The van der Waals surface area contributed by atoms with Crippen LogP contribution in [0.2, 0.25) is 0 Å². The molecule has 0 saturated carbocycles. The molecule has 3 nitrogen and oxygen atoms in total. The fourth-order valence-electron chi connectivity index (χ4n) is 1.19. The normalized spacial score (nSPS) is 10.5. The molecule has 6 heteroatoms. The van der Waals surface area contributed by atoms with Gasteiger partial charge in [-0.1, -0.05) is 12.1 Å². The Labute approximate surface area is 88.7 Å². The van der Waals surface area contributed by atoms with Crippen LogP contribution in [0.5, 0.6) is 0 Å². The summed E-state index contributed by atoms with van der Waals surface area (Å²) in [6.45, 7) is 0. The summed E-state index contributed by atoms with van der Waals surface area (Å²) in [4.78, 5) is 3.87. The Bertz CT molecular complexity index is 484. The Balaban J connectivity index is 2.28. The van der Waals surface area contributed by atoms with Gasteiger partial charge >= 0.3 is 0 Å². The zero-order valence-corrected chi connectivity index (χ0v) is 8.39. The molecule has 1 heterocycles. The first-order valence-electron chi connectivity index (χ1n) is 4.18. The lowest BCUT2D eigenvalue weighted by molar-refractivity contribution is 0.501. The van der Waals surface area contributed by atoms with Crippen LogP contribution in [0.4, 0.5) is 14.7 Å². The summed E-state index contributed by atoms with van der Waals surface area (Å²) in [5.41, 5.74) is 5.58. The Hall–Kier alpha value is -1.56. The van der Waals surface area contributed by atoms with E-state index in [2.05, 4.69) is 9.36 Å². The van der Waals surface area contributed by atoms with Gasteiger partial charge in [0.2, 0.25) is 5.95 Å². The van der Waals surface area contributed by atoms with Crippen LogP contribution in [0.1, 0.15) is 10.6 Å². The monoisotopic (exact) mass is 227 g/mol. The Morgan fingerprint density at radius 2 is 2.13 bits per heavy atom. The van der Waals surface area contributed by atoms with Crippen LogP contribution >= 0.6 is 11.5 Å². The smallest absolute Gasteiger partial charge is 0.232 e. The van der Waals surface area contributed by atoms with Gasteiger partial charge in [-0.25, -0.2) is 13.8 Å². The van der Waals surface area contributed by atoms with Crippen molar-refractivity contribution in [3.05, 3.63) is 40.4 Å². The number of anilines is 1. The zero-order chi connectivity index (χ0) is 10.8. The number of aromatic nitrogens is 2. The van der Waals surface area contributed by atoms with Crippen molar-refractivity contribution in [2.24, 2.45) is 0 Å². The average Bonchev–Trinajstić information content (AvgIpc) is 2.59. The van der Waals surface area contributed by atoms with Gasteiger partial charge < -0.3 is 5.73 Å². The Morgan fingerprint density at radius 1 is 1.33 bits per heavy atom. The first kappa shape index (κ1) is 9.97. The van der Waals surface area contributed by atoms with Gasteiger partial charge in [-0.15, -0.1) is 0 Å². The van der Waals surface area contributed by atoms with Crippen molar-refractivity contribution in [2.45, 2.75) is 6.42 Å². The van der Waals surface area contributed by atoms with Gasteiger partial charge in [-0.3, -0.25) is 0 Å². The van der Waals surface area contributed by atoms with Crippen molar-refractivity contribution in [1.29, 1.82) is 0 Å². The van der Waals surface area contributed by atoms with Crippen LogP contribution in [-0.4, -0.2) is 9.36 Å². The summed E-state index contributed by atoms with van der Waals surface area (Å²) in [5.74, 6) is -1.54. The van der Waals surface area contributed by atoms with Gasteiger partial charge in [0.25, 0.3) is 0 Å². The van der Waals surface area contributed by atoms with E-state index in [0.717, 1.165) is 17.6 Å². The molecule has 0 aliphatic carbocycles. The number of nitrogens with zero attached hydrogens (tertiary/aromatic N) is 2. The van der Waals surface area contributed by atoms with Crippen molar-refractivity contribution in [1.82, 2.24) is 9.36 Å². The third-order valence-corrected chi connectivity index (χ3v) is 2.58. The minimum Gasteiger partial charge on any atom is -0.367 e. The predicted octanol–water partition coefficient (Wildman–Crippen LogP) is 1.99. The molecule has 15 heavy (non-hydrogen) atoms. The van der Waals surface area contributed by atoms with Gasteiger partial charge in [0.05, 0.1) is 0 Å². The van der Waals surface area contributed by atoms with E-state index in [0.29, 0.717) is 5.01 Å². The molecule has 0 unspecified atom stereocenters. The van der Waals surface area contributed by atoms with E-state index in [4.69, 9.17) is 5.73 Å². The summed E-state index contributed by atoms with van der Waals surface area (Å²) in [6, 6.07) is 4.04. The van der Waals surface area contributed by atoms with Gasteiger partial charge in [0, 0.05) is 6.42 Å². The fraction of sp³-hybridized carbons (Fsp3) is 0.111. The van der Waals surface area contributed by atoms with Crippen LogP contribution in [0.25, 0.3) is 0 Å². The maximum Gasteiger partial charge on any atom is 0.232 e. The molecule has 1 aromatic heterocycles. The maximum atomic E-state index is 13.2. The molecule has 0 fully saturated rings. The molecule has 2 aromatic rings. The number of nitrogen functional groups attached to an aromatic ring is 1. The molecule has 0 spiro atoms. The topological polar surface area (TPSA) is 51.8 Å². The van der Waals surface area contributed by atoms with Crippen molar-refractivity contribution >= 4 is 17.5 Å². The first-order chi connectivity index (χ1) is 7.16. The first-order valence-corrected chi connectivity index (χ1v) is 4.95. The third-order valence-electron chi connectivity index (χ3n) is 1.86. The second-order valence-electron chi connectivity index (χ2n) is 2.94. The average molecular weight is 227 g/mol. The van der Waals surface area contributed by atoms with E-state index in [1.54, 1.807) is 0 Å². The molecular formula is C9H7F2N3S. The summed E-state index contributed by atoms with van der Waals surface area (Å²) < 4.78 is 29.9. The molecule has 2 N–H and O–H groups in total. The van der Waals surface area contributed by atoms with E-state index in [-0.39, 0.29) is 17.9 Å². The van der Waals surface area contributed by atoms with Gasteiger partial charge in [-0.2, -0.15) is 4.37 Å². The summed E-state index contributed by atoms with van der Waals surface area (Å²) in [5, 5.41) is 0.567. The van der Waals surface area contributed by atoms with Crippen LogP contribution in [0.3, 0.4) is 0 Å². The van der Waals surface area contributed by atoms with E-state index < -0.39 is 11.6 Å². The molecule has 0 saturated heterocycles. The van der Waals surface area contributed by atoms with Crippen LogP contribution in [0, 0.1) is 11.6 Å². The molecule has 0 bridgehead atoms. The zero-order valence-electron chi connectivity index (χ0n) is 7.58. The highest BCUT2D eigenvalue weighted by Crippen LogP contribution is 2.17. The van der Waals surface area contributed by atoms with E-state index in [1.807, 2.05) is 0 Å². The fourth-order valence-corrected chi connectivity index (χ4v) is 1.78. The molecule has 78 valence electrons. The number of hydrogen-bond acceptors (Lipinski definition) is 4. The lowest BCUT2D eigenvalue weighted by Gasteiger charge is -2.00. The highest BCUT2D eigenvalue weighted by atomic mass is 32.1. The largest absolute Gasteiger partial charge is 0.367 e. The number of rotatable bonds is 2. The summed E-state index contributed by atoms with van der Waals surface area (Å²) in [7, 11) is 0.